The summed E-state index contributed by atoms with van der Waals surface area (Å²) in [6.07, 6.45) is 4.26. The van der Waals surface area contributed by atoms with E-state index in [1.165, 1.54) is 18.6 Å². The zero-order valence-electron chi connectivity index (χ0n) is 7.53. The summed E-state index contributed by atoms with van der Waals surface area (Å²) < 4.78 is 2.24. The molecular formula is C8H12ClN3S. The van der Waals surface area contributed by atoms with Crippen LogP contribution in [0.15, 0.2) is 6.33 Å². The molecule has 2 heterocycles. The molecule has 13 heavy (non-hydrogen) atoms. The lowest BCUT2D eigenvalue weighted by atomic mass is 10.1. The van der Waals surface area contributed by atoms with Crippen LogP contribution >= 0.6 is 23.4 Å². The van der Waals surface area contributed by atoms with E-state index in [0.29, 0.717) is 10.0 Å². The molecule has 3 nitrogen and oxygen atoms in total. The maximum atomic E-state index is 5.86. The van der Waals surface area contributed by atoms with Crippen molar-refractivity contribution in [2.75, 3.05) is 5.75 Å². The van der Waals surface area contributed by atoms with Crippen LogP contribution in [-0.2, 0) is 6.54 Å². The topological polar surface area (TPSA) is 30.7 Å². The van der Waals surface area contributed by atoms with E-state index in [1.54, 1.807) is 6.33 Å². The van der Waals surface area contributed by atoms with Crippen LogP contribution < -0.4 is 0 Å². The molecule has 0 aliphatic carbocycles. The lowest BCUT2D eigenvalue weighted by Gasteiger charge is -2.22. The van der Waals surface area contributed by atoms with Gasteiger partial charge in [-0.15, -0.1) is 10.2 Å². The summed E-state index contributed by atoms with van der Waals surface area (Å²) in [6.45, 7) is 3.20. The van der Waals surface area contributed by atoms with Crippen molar-refractivity contribution in [2.45, 2.75) is 31.1 Å². The number of hydrogen-bond donors (Lipinski definition) is 0. The van der Waals surface area contributed by atoms with Crippen molar-refractivity contribution in [1.29, 1.82) is 0 Å². The Morgan fingerprint density at radius 3 is 3.15 bits per heavy atom. The molecule has 1 aromatic heterocycles. The molecule has 0 saturated carbocycles. The fourth-order valence-electron chi connectivity index (χ4n) is 1.67. The van der Waals surface area contributed by atoms with Crippen LogP contribution in [0.2, 0.25) is 5.28 Å². The number of hydrogen-bond acceptors (Lipinski definition) is 3. The van der Waals surface area contributed by atoms with Gasteiger partial charge in [-0.25, -0.2) is 0 Å². The second-order valence-electron chi connectivity index (χ2n) is 3.63. The first-order valence-corrected chi connectivity index (χ1v) is 5.73. The first-order chi connectivity index (χ1) is 6.20. The Labute approximate surface area is 86.9 Å². The quantitative estimate of drug-likeness (QED) is 0.761. The fourth-order valence-corrected chi connectivity index (χ4v) is 3.12. The molecule has 5 heteroatoms. The standard InChI is InChI=1S/C8H12ClN3S/c1-8(3-2-4-13-8)5-12-6-10-11-7(12)9/h6H,2-5H2,1H3. The largest absolute Gasteiger partial charge is 0.303 e. The summed E-state index contributed by atoms with van der Waals surface area (Å²) in [4.78, 5) is 0. The minimum absolute atomic E-state index is 0.325. The lowest BCUT2D eigenvalue weighted by molar-refractivity contribution is 0.510. The van der Waals surface area contributed by atoms with Gasteiger partial charge >= 0.3 is 0 Å². The molecule has 1 atom stereocenters. The van der Waals surface area contributed by atoms with Gasteiger partial charge in [-0.05, 0) is 37.1 Å². The highest BCUT2D eigenvalue weighted by Crippen LogP contribution is 2.39. The predicted molar refractivity (Wildman–Crippen MR) is 55.1 cm³/mol. The average Bonchev–Trinajstić information content (AvgIpc) is 2.64. The van der Waals surface area contributed by atoms with E-state index in [0.717, 1.165) is 6.54 Å². The van der Waals surface area contributed by atoms with Crippen molar-refractivity contribution >= 4 is 23.4 Å². The Morgan fingerprint density at radius 1 is 1.77 bits per heavy atom. The van der Waals surface area contributed by atoms with E-state index in [1.807, 2.05) is 16.3 Å². The average molecular weight is 218 g/mol. The number of halogens is 1. The van der Waals surface area contributed by atoms with E-state index < -0.39 is 0 Å². The second kappa shape index (κ2) is 3.50. The van der Waals surface area contributed by atoms with E-state index in [9.17, 15) is 0 Å². The summed E-state index contributed by atoms with van der Waals surface area (Å²) in [5, 5.41) is 8.02. The summed E-state index contributed by atoms with van der Waals surface area (Å²) in [5.74, 6) is 1.26. The van der Waals surface area contributed by atoms with Gasteiger partial charge in [-0.1, -0.05) is 0 Å². The molecule has 1 saturated heterocycles. The number of rotatable bonds is 2. The smallest absolute Gasteiger partial charge is 0.224 e. The van der Waals surface area contributed by atoms with Crippen LogP contribution in [0.5, 0.6) is 0 Å². The maximum Gasteiger partial charge on any atom is 0.224 e. The highest BCUT2D eigenvalue weighted by Gasteiger charge is 2.30. The third-order valence-corrected chi connectivity index (χ3v) is 4.19. The Kier molecular flexibility index (Phi) is 2.51. The Balaban J connectivity index is 2.09. The van der Waals surface area contributed by atoms with Crippen molar-refractivity contribution in [3.8, 4) is 0 Å². The van der Waals surface area contributed by atoms with E-state index in [-0.39, 0.29) is 0 Å². The zero-order chi connectivity index (χ0) is 9.31. The molecule has 1 fully saturated rings. The minimum Gasteiger partial charge on any atom is -0.303 e. The van der Waals surface area contributed by atoms with Crippen LogP contribution in [0.3, 0.4) is 0 Å². The molecule has 1 aliphatic rings. The van der Waals surface area contributed by atoms with Gasteiger partial charge in [-0.3, -0.25) is 0 Å². The van der Waals surface area contributed by atoms with Gasteiger partial charge in [-0.2, -0.15) is 11.8 Å². The zero-order valence-corrected chi connectivity index (χ0v) is 9.11. The number of nitrogens with zero attached hydrogens (tertiary/aromatic N) is 3. The predicted octanol–water partition coefficient (Wildman–Crippen LogP) is 2.22. The second-order valence-corrected chi connectivity index (χ2v) is 5.65. The molecule has 0 amide bonds. The van der Waals surface area contributed by atoms with Crippen molar-refractivity contribution in [3.05, 3.63) is 11.6 Å². The van der Waals surface area contributed by atoms with Gasteiger partial charge in [0.25, 0.3) is 0 Å². The van der Waals surface area contributed by atoms with Gasteiger partial charge in [0, 0.05) is 11.3 Å². The van der Waals surface area contributed by atoms with Gasteiger partial charge < -0.3 is 4.57 Å². The van der Waals surface area contributed by atoms with E-state index in [4.69, 9.17) is 11.6 Å². The number of thioether (sulfide) groups is 1. The minimum atomic E-state index is 0.325. The van der Waals surface area contributed by atoms with E-state index >= 15 is 0 Å². The van der Waals surface area contributed by atoms with Crippen molar-refractivity contribution in [3.63, 3.8) is 0 Å². The van der Waals surface area contributed by atoms with Crippen LogP contribution in [0, 0.1) is 0 Å². The lowest BCUT2D eigenvalue weighted by Crippen LogP contribution is -2.23. The van der Waals surface area contributed by atoms with E-state index in [2.05, 4.69) is 17.1 Å². The molecule has 1 aliphatic heterocycles. The maximum absolute atomic E-state index is 5.86. The fraction of sp³-hybridized carbons (Fsp3) is 0.750. The molecule has 1 aromatic rings. The monoisotopic (exact) mass is 217 g/mol. The SMILES string of the molecule is CC1(Cn2cnnc2Cl)CCCS1. The molecular weight excluding hydrogens is 206 g/mol. The Morgan fingerprint density at radius 2 is 2.62 bits per heavy atom. The number of aromatic nitrogens is 3. The molecule has 2 rings (SSSR count). The normalized spacial score (nSPS) is 28.2. The highest BCUT2D eigenvalue weighted by atomic mass is 35.5. The van der Waals surface area contributed by atoms with Crippen LogP contribution in [0.1, 0.15) is 19.8 Å². The third-order valence-electron chi connectivity index (χ3n) is 2.37. The molecule has 0 spiro atoms. The summed E-state index contributed by atoms with van der Waals surface area (Å²) in [6, 6.07) is 0. The molecule has 1 unspecified atom stereocenters. The summed E-state index contributed by atoms with van der Waals surface area (Å²) >= 11 is 7.88. The van der Waals surface area contributed by atoms with Gasteiger partial charge in [0.1, 0.15) is 6.33 Å². The first-order valence-electron chi connectivity index (χ1n) is 4.37. The van der Waals surface area contributed by atoms with Crippen LogP contribution in [0.4, 0.5) is 0 Å². The molecule has 0 radical (unpaired) electrons. The highest BCUT2D eigenvalue weighted by molar-refractivity contribution is 8.00. The van der Waals surface area contributed by atoms with Crippen molar-refractivity contribution in [2.24, 2.45) is 0 Å². The Bertz CT molecular complexity index is 293. The van der Waals surface area contributed by atoms with Crippen LogP contribution in [0.25, 0.3) is 0 Å². The third kappa shape index (κ3) is 1.99. The molecule has 0 bridgehead atoms. The first kappa shape index (κ1) is 9.34. The molecule has 0 N–H and O–H groups in total. The van der Waals surface area contributed by atoms with Gasteiger partial charge in [0.15, 0.2) is 0 Å². The van der Waals surface area contributed by atoms with Crippen molar-refractivity contribution in [1.82, 2.24) is 14.8 Å². The van der Waals surface area contributed by atoms with Crippen LogP contribution in [-0.4, -0.2) is 25.3 Å². The molecule has 72 valence electrons. The summed E-state index contributed by atoms with van der Waals surface area (Å²) in [5.41, 5.74) is 0. The van der Waals surface area contributed by atoms with Gasteiger partial charge in [0.2, 0.25) is 5.28 Å². The van der Waals surface area contributed by atoms with Crippen molar-refractivity contribution < 1.29 is 0 Å². The summed E-state index contributed by atoms with van der Waals surface area (Å²) in [7, 11) is 0. The van der Waals surface area contributed by atoms with Gasteiger partial charge in [0.05, 0.1) is 0 Å². The molecule has 0 aromatic carbocycles. The Hall–Kier alpha value is -0.220.